The molecule has 3 rings (SSSR count). The number of nitrogens with one attached hydrogen (secondary N) is 3. The average molecular weight is 487 g/mol. The number of aryl methyl sites for hydroxylation is 1. The van der Waals surface area contributed by atoms with E-state index in [0.29, 0.717) is 0 Å². The Balaban J connectivity index is 0.00000243. The number of halogens is 2. The highest BCUT2D eigenvalue weighted by molar-refractivity contribution is 14.0. The second-order valence-electron chi connectivity index (χ2n) is 5.80. The van der Waals surface area contributed by atoms with Crippen LogP contribution in [0.25, 0.3) is 10.9 Å². The van der Waals surface area contributed by atoms with Crippen molar-refractivity contribution in [1.29, 1.82) is 0 Å². The molecule has 3 N–H and O–H groups in total. The standard InChI is InChI=1S/C18H23ClN6.HI/c1-20-18(21-7-2-10-25-11-3-8-24-25)22-9-6-14-13-23-17-5-4-15(19)12-16(14)17;/h3-5,8,11-13,23H,2,6-7,9-10H2,1H3,(H2,20,21,22);1H. The van der Waals surface area contributed by atoms with E-state index in [9.17, 15) is 0 Å². The van der Waals surface area contributed by atoms with Crippen molar-refractivity contribution in [3.05, 3.63) is 53.4 Å². The lowest BCUT2D eigenvalue weighted by Crippen LogP contribution is -2.39. The topological polar surface area (TPSA) is 70.0 Å². The number of rotatable bonds is 7. The molecule has 0 atom stereocenters. The lowest BCUT2D eigenvalue weighted by molar-refractivity contribution is 0.570. The predicted molar refractivity (Wildman–Crippen MR) is 119 cm³/mol. The number of hydrogen-bond acceptors (Lipinski definition) is 2. The average Bonchev–Trinajstić information content (AvgIpc) is 3.27. The van der Waals surface area contributed by atoms with Crippen molar-refractivity contribution in [2.24, 2.45) is 4.99 Å². The van der Waals surface area contributed by atoms with Crippen LogP contribution in [0.4, 0.5) is 0 Å². The molecule has 0 amide bonds. The van der Waals surface area contributed by atoms with Crippen molar-refractivity contribution in [2.75, 3.05) is 20.1 Å². The fraction of sp³-hybridized carbons (Fsp3) is 0.333. The van der Waals surface area contributed by atoms with E-state index in [4.69, 9.17) is 11.6 Å². The molecule has 0 bridgehead atoms. The van der Waals surface area contributed by atoms with E-state index < -0.39 is 0 Å². The maximum atomic E-state index is 6.10. The Morgan fingerprint density at radius 1 is 1.31 bits per heavy atom. The van der Waals surface area contributed by atoms with Crippen LogP contribution in [0.3, 0.4) is 0 Å². The summed E-state index contributed by atoms with van der Waals surface area (Å²) in [5.41, 5.74) is 2.36. The Hall–Kier alpha value is -1.74. The van der Waals surface area contributed by atoms with Crippen molar-refractivity contribution >= 4 is 52.4 Å². The van der Waals surface area contributed by atoms with E-state index in [2.05, 4.69) is 25.7 Å². The highest BCUT2D eigenvalue weighted by atomic mass is 127. The zero-order valence-corrected chi connectivity index (χ0v) is 17.8. The maximum Gasteiger partial charge on any atom is 0.190 e. The number of fused-ring (bicyclic) bond motifs is 1. The molecule has 0 aliphatic heterocycles. The largest absolute Gasteiger partial charge is 0.361 e. The van der Waals surface area contributed by atoms with Gasteiger partial charge in [0.05, 0.1) is 0 Å². The van der Waals surface area contributed by atoms with Gasteiger partial charge in [-0.3, -0.25) is 9.67 Å². The second-order valence-corrected chi connectivity index (χ2v) is 6.24. The Kier molecular flexibility index (Phi) is 8.24. The zero-order chi connectivity index (χ0) is 17.5. The van der Waals surface area contributed by atoms with Crippen LogP contribution in [-0.4, -0.2) is 40.9 Å². The van der Waals surface area contributed by atoms with Gasteiger partial charge < -0.3 is 15.6 Å². The monoisotopic (exact) mass is 486 g/mol. The molecule has 1 aromatic carbocycles. The summed E-state index contributed by atoms with van der Waals surface area (Å²) in [6.07, 6.45) is 7.70. The van der Waals surface area contributed by atoms with Crippen molar-refractivity contribution in [3.8, 4) is 0 Å². The van der Waals surface area contributed by atoms with Gasteiger partial charge in [0.1, 0.15) is 0 Å². The summed E-state index contributed by atoms with van der Waals surface area (Å²) in [6, 6.07) is 7.85. The minimum atomic E-state index is 0. The third-order valence-electron chi connectivity index (χ3n) is 4.06. The van der Waals surface area contributed by atoms with Gasteiger partial charge in [-0.2, -0.15) is 5.10 Å². The molecule has 0 fully saturated rings. The smallest absolute Gasteiger partial charge is 0.190 e. The quantitative estimate of drug-likeness (QED) is 0.207. The molecule has 0 saturated heterocycles. The summed E-state index contributed by atoms with van der Waals surface area (Å²) >= 11 is 6.10. The lowest BCUT2D eigenvalue weighted by Gasteiger charge is -2.11. The SMILES string of the molecule is CN=C(NCCCn1cccn1)NCCc1c[nH]c2ccc(Cl)cc12.I. The molecule has 140 valence electrons. The number of benzene rings is 1. The van der Waals surface area contributed by atoms with Gasteiger partial charge in [-0.1, -0.05) is 11.6 Å². The Morgan fingerprint density at radius 3 is 2.92 bits per heavy atom. The van der Waals surface area contributed by atoms with Crippen molar-refractivity contribution in [1.82, 2.24) is 25.4 Å². The Labute approximate surface area is 175 Å². The summed E-state index contributed by atoms with van der Waals surface area (Å²) in [6.45, 7) is 2.55. The molecule has 3 aromatic rings. The summed E-state index contributed by atoms with van der Waals surface area (Å²) in [5.74, 6) is 0.818. The number of H-pyrrole nitrogens is 1. The van der Waals surface area contributed by atoms with Gasteiger partial charge >= 0.3 is 0 Å². The molecule has 0 aliphatic carbocycles. The maximum absolute atomic E-state index is 6.10. The molecule has 0 unspecified atom stereocenters. The molecule has 0 saturated carbocycles. The van der Waals surface area contributed by atoms with E-state index in [1.165, 1.54) is 10.9 Å². The number of hydrogen-bond donors (Lipinski definition) is 3. The summed E-state index contributed by atoms with van der Waals surface area (Å²) < 4.78 is 1.93. The van der Waals surface area contributed by atoms with Crippen LogP contribution >= 0.6 is 35.6 Å². The molecule has 8 heteroatoms. The predicted octanol–water partition coefficient (Wildman–Crippen LogP) is 3.43. The summed E-state index contributed by atoms with van der Waals surface area (Å²) in [7, 11) is 1.79. The van der Waals surface area contributed by atoms with Crippen LogP contribution in [0.5, 0.6) is 0 Å². The number of aliphatic imine (C=N–C) groups is 1. The molecule has 2 heterocycles. The van der Waals surface area contributed by atoms with Crippen LogP contribution in [0.2, 0.25) is 5.02 Å². The van der Waals surface area contributed by atoms with Crippen molar-refractivity contribution in [2.45, 2.75) is 19.4 Å². The third kappa shape index (κ3) is 5.63. The third-order valence-corrected chi connectivity index (χ3v) is 4.29. The number of guanidine groups is 1. The molecule has 6 nitrogen and oxygen atoms in total. The first-order valence-electron chi connectivity index (χ1n) is 8.44. The lowest BCUT2D eigenvalue weighted by atomic mass is 10.1. The minimum Gasteiger partial charge on any atom is -0.361 e. The van der Waals surface area contributed by atoms with Gasteiger partial charge in [-0.15, -0.1) is 24.0 Å². The first-order chi connectivity index (χ1) is 12.3. The van der Waals surface area contributed by atoms with E-state index in [0.717, 1.165) is 49.0 Å². The minimum absolute atomic E-state index is 0. The summed E-state index contributed by atoms with van der Waals surface area (Å²) in [4.78, 5) is 7.54. The van der Waals surface area contributed by atoms with Gasteiger partial charge in [0, 0.05) is 61.2 Å². The van der Waals surface area contributed by atoms with Crippen molar-refractivity contribution in [3.63, 3.8) is 0 Å². The van der Waals surface area contributed by atoms with E-state index in [1.807, 2.05) is 41.3 Å². The normalized spacial score (nSPS) is 11.4. The van der Waals surface area contributed by atoms with E-state index in [-0.39, 0.29) is 24.0 Å². The highest BCUT2D eigenvalue weighted by Gasteiger charge is 2.05. The van der Waals surface area contributed by atoms with Gasteiger partial charge in [-0.05, 0) is 42.7 Å². The Bertz CT molecular complexity index is 827. The number of aromatic amines is 1. The number of nitrogens with zero attached hydrogens (tertiary/aromatic N) is 3. The van der Waals surface area contributed by atoms with Gasteiger partial charge in [0.2, 0.25) is 0 Å². The fourth-order valence-electron chi connectivity index (χ4n) is 2.77. The fourth-order valence-corrected chi connectivity index (χ4v) is 2.95. The first-order valence-corrected chi connectivity index (χ1v) is 8.81. The molecule has 0 radical (unpaired) electrons. The van der Waals surface area contributed by atoms with Crippen LogP contribution in [0, 0.1) is 0 Å². The van der Waals surface area contributed by atoms with Crippen LogP contribution in [0.1, 0.15) is 12.0 Å². The van der Waals surface area contributed by atoms with Crippen LogP contribution < -0.4 is 10.6 Å². The van der Waals surface area contributed by atoms with E-state index >= 15 is 0 Å². The molecular weight excluding hydrogens is 463 g/mol. The Morgan fingerprint density at radius 2 is 2.15 bits per heavy atom. The molecular formula is C18H24ClIN6. The van der Waals surface area contributed by atoms with Crippen LogP contribution in [-0.2, 0) is 13.0 Å². The second kappa shape index (κ2) is 10.4. The van der Waals surface area contributed by atoms with Crippen molar-refractivity contribution < 1.29 is 0 Å². The molecule has 2 aromatic heterocycles. The van der Waals surface area contributed by atoms with E-state index in [1.54, 1.807) is 13.2 Å². The first kappa shape index (κ1) is 20.6. The van der Waals surface area contributed by atoms with Crippen LogP contribution in [0.15, 0.2) is 47.8 Å². The van der Waals surface area contributed by atoms with Gasteiger partial charge in [-0.25, -0.2) is 0 Å². The molecule has 26 heavy (non-hydrogen) atoms. The molecule has 0 aliphatic rings. The summed E-state index contributed by atoms with van der Waals surface area (Å²) in [5, 5.41) is 12.8. The zero-order valence-electron chi connectivity index (χ0n) is 14.7. The number of aromatic nitrogens is 3. The van der Waals surface area contributed by atoms with Gasteiger partial charge in [0.15, 0.2) is 5.96 Å². The highest BCUT2D eigenvalue weighted by Crippen LogP contribution is 2.22. The molecule has 0 spiro atoms. The van der Waals surface area contributed by atoms with Gasteiger partial charge in [0.25, 0.3) is 0 Å².